The van der Waals surface area contributed by atoms with Crippen LogP contribution in [0.4, 0.5) is 11.4 Å². The van der Waals surface area contributed by atoms with E-state index >= 15 is 0 Å². The van der Waals surface area contributed by atoms with Crippen molar-refractivity contribution < 1.29 is 9.47 Å². The Bertz CT molecular complexity index is 1390. The first-order valence-corrected chi connectivity index (χ1v) is 13.9. The van der Waals surface area contributed by atoms with Gasteiger partial charge in [0.25, 0.3) is 0 Å². The molecular formula is C31H38N6O3. The van der Waals surface area contributed by atoms with Crippen molar-refractivity contribution in [3.8, 4) is 17.2 Å². The number of rotatable bonds is 11. The molecule has 2 atom stereocenters. The normalized spacial score (nSPS) is 15.1. The van der Waals surface area contributed by atoms with E-state index in [9.17, 15) is 4.79 Å². The zero-order valence-corrected chi connectivity index (χ0v) is 23.4. The molecule has 1 aliphatic rings. The van der Waals surface area contributed by atoms with E-state index in [1.165, 1.54) is 5.69 Å². The summed E-state index contributed by atoms with van der Waals surface area (Å²) in [5.41, 5.74) is 3.03. The number of hydrogen-bond acceptors (Lipinski definition) is 7. The quantitative estimate of drug-likeness (QED) is 0.287. The van der Waals surface area contributed by atoms with Gasteiger partial charge in [-0.15, -0.1) is 0 Å². The zero-order valence-electron chi connectivity index (χ0n) is 23.4. The van der Waals surface area contributed by atoms with E-state index in [-0.39, 0.29) is 17.8 Å². The topological polar surface area (TPSA) is 76.8 Å². The summed E-state index contributed by atoms with van der Waals surface area (Å²) < 4.78 is 14.2. The Morgan fingerprint density at radius 2 is 1.38 bits per heavy atom. The van der Waals surface area contributed by atoms with E-state index in [1.807, 2.05) is 61.5 Å². The van der Waals surface area contributed by atoms with Crippen LogP contribution in [0.5, 0.6) is 11.5 Å². The summed E-state index contributed by atoms with van der Waals surface area (Å²) >= 11 is 0. The first-order chi connectivity index (χ1) is 19.5. The minimum Gasteiger partial charge on any atom is -0.497 e. The van der Waals surface area contributed by atoms with Crippen LogP contribution in [0.25, 0.3) is 5.69 Å². The van der Waals surface area contributed by atoms with Crippen molar-refractivity contribution in [2.45, 2.75) is 25.9 Å². The fourth-order valence-corrected chi connectivity index (χ4v) is 4.97. The predicted molar refractivity (Wildman–Crippen MR) is 159 cm³/mol. The lowest BCUT2D eigenvalue weighted by atomic mass is 10.2. The van der Waals surface area contributed by atoms with Gasteiger partial charge in [0.2, 0.25) is 0 Å². The Morgan fingerprint density at radius 3 is 1.98 bits per heavy atom. The fraction of sp³-hybridized carbons (Fsp3) is 0.355. The largest absolute Gasteiger partial charge is 0.497 e. The predicted octanol–water partition coefficient (Wildman–Crippen LogP) is 3.99. The maximum absolute atomic E-state index is 13.2. The number of nitrogens with one attached hydrogen (secondary N) is 1. The summed E-state index contributed by atoms with van der Waals surface area (Å²) in [4.78, 5) is 18.0. The first kappa shape index (κ1) is 27.3. The van der Waals surface area contributed by atoms with Gasteiger partial charge in [0.1, 0.15) is 24.4 Å². The van der Waals surface area contributed by atoms with Gasteiger partial charge in [-0.1, -0.05) is 18.2 Å². The van der Waals surface area contributed by atoms with E-state index in [0.717, 1.165) is 49.1 Å². The highest BCUT2D eigenvalue weighted by Gasteiger charge is 2.20. The molecule has 210 valence electrons. The Balaban J connectivity index is 1.14. The third kappa shape index (κ3) is 6.31. The van der Waals surface area contributed by atoms with E-state index in [4.69, 9.17) is 9.47 Å². The van der Waals surface area contributed by atoms with Gasteiger partial charge in [-0.05, 0) is 74.5 Å². The maximum atomic E-state index is 13.2. The van der Waals surface area contributed by atoms with E-state index in [0.29, 0.717) is 13.2 Å². The smallest absolute Gasteiger partial charge is 0.350 e. The summed E-state index contributed by atoms with van der Waals surface area (Å²) in [7, 11) is 1.69. The molecule has 5 rings (SSSR count). The minimum atomic E-state index is -0.150. The van der Waals surface area contributed by atoms with Crippen LogP contribution in [0, 0.1) is 0 Å². The van der Waals surface area contributed by atoms with Crippen LogP contribution in [-0.4, -0.2) is 66.8 Å². The maximum Gasteiger partial charge on any atom is 0.350 e. The number of hydrogen-bond donors (Lipinski definition) is 1. The molecule has 9 heteroatoms. The first-order valence-electron chi connectivity index (χ1n) is 13.9. The molecule has 0 amide bonds. The molecule has 1 aromatic heterocycles. The van der Waals surface area contributed by atoms with Gasteiger partial charge in [0.15, 0.2) is 0 Å². The molecule has 1 fully saturated rings. The van der Waals surface area contributed by atoms with Crippen LogP contribution in [0.15, 0.2) is 90.0 Å². The van der Waals surface area contributed by atoms with Crippen molar-refractivity contribution in [3.63, 3.8) is 0 Å². The van der Waals surface area contributed by atoms with Crippen molar-refractivity contribution >= 4 is 11.4 Å². The third-order valence-corrected chi connectivity index (χ3v) is 7.59. The molecule has 9 nitrogen and oxygen atoms in total. The lowest BCUT2D eigenvalue weighted by molar-refractivity contribution is 0.287. The average Bonchev–Trinajstić information content (AvgIpc) is 3.40. The Labute approximate surface area is 235 Å². The molecule has 4 aromatic rings. The molecule has 2 unspecified atom stereocenters. The van der Waals surface area contributed by atoms with Gasteiger partial charge in [0.05, 0.1) is 18.8 Å². The molecule has 0 saturated carbocycles. The van der Waals surface area contributed by atoms with Crippen LogP contribution >= 0.6 is 0 Å². The zero-order chi connectivity index (χ0) is 27.9. The number of nitrogens with zero attached hydrogens (tertiary/aromatic N) is 5. The lowest BCUT2D eigenvalue weighted by Crippen LogP contribution is -2.46. The van der Waals surface area contributed by atoms with Gasteiger partial charge >= 0.3 is 5.69 Å². The molecular weight excluding hydrogens is 504 g/mol. The van der Waals surface area contributed by atoms with E-state index in [1.54, 1.807) is 22.7 Å². The van der Waals surface area contributed by atoms with E-state index < -0.39 is 0 Å². The molecule has 0 aliphatic carbocycles. The van der Waals surface area contributed by atoms with Gasteiger partial charge in [-0.3, -0.25) is 0 Å². The van der Waals surface area contributed by atoms with Crippen LogP contribution < -0.4 is 30.3 Å². The van der Waals surface area contributed by atoms with Crippen LogP contribution in [-0.2, 0) is 0 Å². The Kier molecular flexibility index (Phi) is 8.71. The number of piperazine rings is 1. The van der Waals surface area contributed by atoms with Crippen molar-refractivity contribution in [1.29, 1.82) is 0 Å². The second-order valence-electron chi connectivity index (χ2n) is 10.1. The number of aromatic nitrogens is 3. The minimum absolute atomic E-state index is 0.0411. The second kappa shape index (κ2) is 12.7. The highest BCUT2D eigenvalue weighted by atomic mass is 16.5. The molecule has 2 heterocycles. The molecule has 1 N–H and O–H groups in total. The molecule has 0 spiro atoms. The number of para-hydroxylation sites is 1. The Morgan fingerprint density at radius 1 is 0.800 bits per heavy atom. The van der Waals surface area contributed by atoms with Crippen molar-refractivity contribution in [3.05, 3.63) is 95.7 Å². The summed E-state index contributed by atoms with van der Waals surface area (Å²) in [6.07, 6.45) is 1.60. The summed E-state index contributed by atoms with van der Waals surface area (Å²) in [5.74, 6) is 1.72. The van der Waals surface area contributed by atoms with Crippen LogP contribution in [0.1, 0.15) is 19.9 Å². The molecule has 0 bridgehead atoms. The highest BCUT2D eigenvalue weighted by Crippen LogP contribution is 2.23. The van der Waals surface area contributed by atoms with E-state index in [2.05, 4.69) is 51.4 Å². The molecule has 1 saturated heterocycles. The van der Waals surface area contributed by atoms with Gasteiger partial charge in [-0.25, -0.2) is 14.0 Å². The van der Waals surface area contributed by atoms with Crippen molar-refractivity contribution in [2.24, 2.45) is 0 Å². The number of methoxy groups -OCH3 is 1. The van der Waals surface area contributed by atoms with Crippen molar-refractivity contribution in [2.75, 3.05) is 56.2 Å². The summed E-state index contributed by atoms with van der Waals surface area (Å²) in [6, 6.07) is 26.1. The molecule has 40 heavy (non-hydrogen) atoms. The SMILES string of the molecule is COc1ccc(N2CCN(c3ccc(-n4cnn(C(C)C(C)NCCOc5ccccc5)c4=O)cc3)CC2)cc1. The van der Waals surface area contributed by atoms with Gasteiger partial charge < -0.3 is 24.6 Å². The number of benzene rings is 3. The summed E-state index contributed by atoms with van der Waals surface area (Å²) in [6.45, 7) is 9.04. The van der Waals surface area contributed by atoms with Crippen LogP contribution in [0.3, 0.4) is 0 Å². The number of anilines is 2. The third-order valence-electron chi connectivity index (χ3n) is 7.59. The Hall–Kier alpha value is -4.24. The lowest BCUT2D eigenvalue weighted by Gasteiger charge is -2.37. The van der Waals surface area contributed by atoms with Gasteiger partial charge in [0, 0.05) is 50.1 Å². The molecule has 0 radical (unpaired) electrons. The van der Waals surface area contributed by atoms with Crippen molar-refractivity contribution in [1.82, 2.24) is 19.7 Å². The van der Waals surface area contributed by atoms with Crippen LogP contribution in [0.2, 0.25) is 0 Å². The monoisotopic (exact) mass is 542 g/mol. The average molecular weight is 543 g/mol. The number of ether oxygens (including phenoxy) is 2. The standard InChI is InChI=1S/C31H38N6O3/c1-24(32-17-22-40-30-7-5-4-6-8-30)25(2)37-31(38)36(23-33-37)28-11-9-26(10-12-28)34-18-20-35(21-19-34)27-13-15-29(39-3)16-14-27/h4-16,23-25,32H,17-22H2,1-3H3. The molecule has 1 aliphatic heterocycles. The second-order valence-corrected chi connectivity index (χ2v) is 10.1. The highest BCUT2D eigenvalue weighted by molar-refractivity contribution is 5.54. The fourth-order valence-electron chi connectivity index (χ4n) is 4.97. The summed E-state index contributed by atoms with van der Waals surface area (Å²) in [5, 5.41) is 7.86. The molecule has 3 aromatic carbocycles. The van der Waals surface area contributed by atoms with Gasteiger partial charge in [-0.2, -0.15) is 5.10 Å².